The van der Waals surface area contributed by atoms with Crippen molar-refractivity contribution in [2.75, 3.05) is 0 Å². The number of hydrogen-bond acceptors (Lipinski definition) is 1. The van der Waals surface area contributed by atoms with E-state index in [1.54, 1.807) is 6.20 Å². The number of aryl methyl sites for hydroxylation is 1. The molecule has 0 aliphatic heterocycles. The maximum absolute atomic E-state index is 11.0. The van der Waals surface area contributed by atoms with E-state index in [2.05, 4.69) is 15.9 Å². The number of rotatable bonds is 2. The van der Waals surface area contributed by atoms with Gasteiger partial charge in [-0.15, -0.1) is 0 Å². The first-order valence-electron chi connectivity index (χ1n) is 4.65. The molecule has 0 spiro atoms. The smallest absolute Gasteiger partial charge is 0.337 e. The van der Waals surface area contributed by atoms with E-state index in [1.807, 2.05) is 29.7 Å². The van der Waals surface area contributed by atoms with Crippen molar-refractivity contribution in [3.8, 4) is 0 Å². The maximum Gasteiger partial charge on any atom is 0.337 e. The highest BCUT2D eigenvalue weighted by molar-refractivity contribution is 9.10. The molecular weight excluding hydrogens is 258 g/mol. The van der Waals surface area contributed by atoms with Crippen molar-refractivity contribution < 1.29 is 9.90 Å². The Labute approximate surface area is 95.5 Å². The maximum atomic E-state index is 11.0. The molecule has 78 valence electrons. The molecule has 1 aromatic heterocycles. The van der Waals surface area contributed by atoms with Crippen LogP contribution in [0.3, 0.4) is 0 Å². The summed E-state index contributed by atoms with van der Waals surface area (Å²) >= 11 is 3.34. The summed E-state index contributed by atoms with van der Waals surface area (Å²) in [5.74, 6) is -0.884. The summed E-state index contributed by atoms with van der Waals surface area (Å²) in [6.45, 7) is 2.76. The lowest BCUT2D eigenvalue weighted by Crippen LogP contribution is -1.94. The van der Waals surface area contributed by atoms with Gasteiger partial charge in [0.15, 0.2) is 0 Å². The summed E-state index contributed by atoms with van der Waals surface area (Å²) in [6, 6.07) is 5.68. The van der Waals surface area contributed by atoms with Crippen molar-refractivity contribution in [3.63, 3.8) is 0 Å². The van der Waals surface area contributed by atoms with Crippen LogP contribution in [-0.2, 0) is 6.54 Å². The first kappa shape index (κ1) is 10.2. The average molecular weight is 268 g/mol. The number of carbonyl (C=O) groups is 1. The third kappa shape index (κ3) is 1.65. The second-order valence-electron chi connectivity index (χ2n) is 3.30. The molecule has 0 aliphatic carbocycles. The number of carboxylic acids is 1. The normalized spacial score (nSPS) is 10.8. The predicted molar refractivity (Wildman–Crippen MR) is 62.3 cm³/mol. The van der Waals surface area contributed by atoms with Crippen LogP contribution >= 0.6 is 15.9 Å². The first-order valence-corrected chi connectivity index (χ1v) is 5.44. The average Bonchev–Trinajstić information content (AvgIpc) is 2.55. The van der Waals surface area contributed by atoms with Crippen LogP contribution < -0.4 is 0 Å². The van der Waals surface area contributed by atoms with Gasteiger partial charge in [-0.05, 0) is 25.1 Å². The Morgan fingerprint density at radius 3 is 2.87 bits per heavy atom. The molecule has 15 heavy (non-hydrogen) atoms. The van der Waals surface area contributed by atoms with Gasteiger partial charge in [0, 0.05) is 28.1 Å². The van der Waals surface area contributed by atoms with E-state index in [0.717, 1.165) is 21.9 Å². The molecule has 0 fully saturated rings. The van der Waals surface area contributed by atoms with Gasteiger partial charge >= 0.3 is 5.97 Å². The van der Waals surface area contributed by atoms with Crippen molar-refractivity contribution in [2.45, 2.75) is 13.5 Å². The molecule has 0 bridgehead atoms. The fourth-order valence-electron chi connectivity index (χ4n) is 1.70. The molecular formula is C11H10BrNO2. The summed E-state index contributed by atoms with van der Waals surface area (Å²) in [4.78, 5) is 11.0. The molecule has 4 heteroatoms. The van der Waals surface area contributed by atoms with Crippen molar-refractivity contribution in [3.05, 3.63) is 34.4 Å². The van der Waals surface area contributed by atoms with Crippen molar-refractivity contribution in [1.29, 1.82) is 0 Å². The summed E-state index contributed by atoms with van der Waals surface area (Å²) in [7, 11) is 0. The van der Waals surface area contributed by atoms with Crippen LogP contribution in [-0.4, -0.2) is 15.6 Å². The van der Waals surface area contributed by atoms with Gasteiger partial charge in [-0.25, -0.2) is 4.79 Å². The quantitative estimate of drug-likeness (QED) is 0.909. The topological polar surface area (TPSA) is 42.2 Å². The minimum atomic E-state index is -0.884. The molecule has 1 N–H and O–H groups in total. The fraction of sp³-hybridized carbons (Fsp3) is 0.182. The minimum absolute atomic E-state index is 0.355. The highest BCUT2D eigenvalue weighted by atomic mass is 79.9. The van der Waals surface area contributed by atoms with Crippen molar-refractivity contribution in [2.24, 2.45) is 0 Å². The molecule has 1 aromatic carbocycles. The van der Waals surface area contributed by atoms with Crippen LogP contribution in [0.15, 0.2) is 28.9 Å². The number of benzene rings is 1. The second kappa shape index (κ2) is 3.70. The molecule has 2 rings (SSSR count). The van der Waals surface area contributed by atoms with Crippen molar-refractivity contribution in [1.82, 2.24) is 4.57 Å². The zero-order valence-electron chi connectivity index (χ0n) is 8.20. The van der Waals surface area contributed by atoms with Gasteiger partial charge in [-0.3, -0.25) is 0 Å². The minimum Gasteiger partial charge on any atom is -0.478 e. The van der Waals surface area contributed by atoms with Gasteiger partial charge in [0.1, 0.15) is 0 Å². The Morgan fingerprint density at radius 2 is 2.27 bits per heavy atom. The summed E-state index contributed by atoms with van der Waals surface area (Å²) in [5.41, 5.74) is 1.31. The predicted octanol–water partition coefficient (Wildman–Crippen LogP) is 3.12. The molecule has 0 saturated heterocycles. The lowest BCUT2D eigenvalue weighted by molar-refractivity contribution is 0.0699. The lowest BCUT2D eigenvalue weighted by Gasteiger charge is -1.99. The van der Waals surface area contributed by atoms with E-state index >= 15 is 0 Å². The number of carboxylic acid groups (broad SMARTS) is 1. The van der Waals surface area contributed by atoms with Crippen LogP contribution in [0.25, 0.3) is 10.9 Å². The number of aromatic nitrogens is 1. The van der Waals surface area contributed by atoms with Crippen LogP contribution in [0.1, 0.15) is 17.3 Å². The second-order valence-corrected chi connectivity index (χ2v) is 4.21. The number of fused-ring (bicyclic) bond motifs is 1. The third-order valence-corrected chi connectivity index (χ3v) is 2.91. The van der Waals surface area contributed by atoms with Crippen molar-refractivity contribution >= 4 is 32.8 Å². The Morgan fingerprint density at radius 1 is 1.53 bits per heavy atom. The molecule has 3 nitrogen and oxygen atoms in total. The van der Waals surface area contributed by atoms with E-state index in [0.29, 0.717) is 5.56 Å². The van der Waals surface area contributed by atoms with Crippen LogP contribution in [0.2, 0.25) is 0 Å². The molecule has 0 radical (unpaired) electrons. The van der Waals surface area contributed by atoms with E-state index in [-0.39, 0.29) is 0 Å². The highest BCUT2D eigenvalue weighted by Gasteiger charge is 2.13. The molecule has 0 aliphatic rings. The Balaban J connectivity index is 2.81. The first-order chi connectivity index (χ1) is 7.13. The van der Waals surface area contributed by atoms with E-state index in [4.69, 9.17) is 5.11 Å². The zero-order valence-corrected chi connectivity index (χ0v) is 9.78. The molecule has 0 atom stereocenters. The fourth-order valence-corrected chi connectivity index (χ4v) is 2.06. The molecule has 0 saturated carbocycles. The van der Waals surface area contributed by atoms with Crippen LogP contribution in [0, 0.1) is 0 Å². The molecule has 0 unspecified atom stereocenters. The zero-order chi connectivity index (χ0) is 11.0. The van der Waals surface area contributed by atoms with E-state index in [1.165, 1.54) is 0 Å². The van der Waals surface area contributed by atoms with E-state index < -0.39 is 5.97 Å². The van der Waals surface area contributed by atoms with Gasteiger partial charge in [0.25, 0.3) is 0 Å². The number of halogens is 1. The van der Waals surface area contributed by atoms with Gasteiger partial charge < -0.3 is 9.67 Å². The standard InChI is InChI=1S/C11H10BrNO2/c1-2-13-6-9(11(14)15)8-5-7(12)3-4-10(8)13/h3-6H,2H2,1H3,(H,14,15). The summed E-state index contributed by atoms with van der Waals surface area (Å²) < 4.78 is 2.83. The molecule has 1 heterocycles. The SMILES string of the molecule is CCn1cc(C(=O)O)c2cc(Br)ccc21. The van der Waals surface area contributed by atoms with E-state index in [9.17, 15) is 4.79 Å². The van der Waals surface area contributed by atoms with Gasteiger partial charge in [-0.2, -0.15) is 0 Å². The van der Waals surface area contributed by atoms with Crippen LogP contribution in [0.5, 0.6) is 0 Å². The van der Waals surface area contributed by atoms with Gasteiger partial charge in [0.05, 0.1) is 5.56 Å². The highest BCUT2D eigenvalue weighted by Crippen LogP contribution is 2.25. The van der Waals surface area contributed by atoms with Gasteiger partial charge in [-0.1, -0.05) is 15.9 Å². The number of aromatic carboxylic acids is 1. The Hall–Kier alpha value is -1.29. The lowest BCUT2D eigenvalue weighted by atomic mass is 10.2. The number of nitrogens with zero attached hydrogens (tertiary/aromatic N) is 1. The molecule has 2 aromatic rings. The molecule has 0 amide bonds. The van der Waals surface area contributed by atoms with Gasteiger partial charge in [0.2, 0.25) is 0 Å². The Bertz CT molecular complexity index is 531. The van der Waals surface area contributed by atoms with Crippen LogP contribution in [0.4, 0.5) is 0 Å². The summed E-state index contributed by atoms with van der Waals surface area (Å²) in [6.07, 6.45) is 1.68. The third-order valence-electron chi connectivity index (χ3n) is 2.41. The summed E-state index contributed by atoms with van der Waals surface area (Å²) in [5, 5.41) is 9.83. The monoisotopic (exact) mass is 267 g/mol. The Kier molecular flexibility index (Phi) is 2.52. The number of hydrogen-bond donors (Lipinski definition) is 1. The largest absolute Gasteiger partial charge is 0.478 e.